The number of para-hydroxylation sites is 1. The number of nitrogens with zero attached hydrogens (tertiary/aromatic N) is 1. The zero-order valence-electron chi connectivity index (χ0n) is 12.4. The minimum Gasteiger partial charge on any atom is -0.378 e. The van der Waals surface area contributed by atoms with Gasteiger partial charge in [0.25, 0.3) is 0 Å². The lowest BCUT2D eigenvalue weighted by Crippen LogP contribution is -2.27. The number of aliphatic hydroxyl groups is 1. The van der Waals surface area contributed by atoms with Gasteiger partial charge in [-0.2, -0.15) is 0 Å². The van der Waals surface area contributed by atoms with Gasteiger partial charge in [0.2, 0.25) is 0 Å². The summed E-state index contributed by atoms with van der Waals surface area (Å²) in [4.78, 5) is 4.68. The van der Waals surface area contributed by atoms with Crippen LogP contribution in [0, 0.1) is 0 Å². The predicted octanol–water partition coefficient (Wildman–Crippen LogP) is 4.89. The average molecular weight is 309 g/mol. The van der Waals surface area contributed by atoms with Gasteiger partial charge >= 0.3 is 0 Å². The molecule has 0 spiro atoms. The summed E-state index contributed by atoms with van der Waals surface area (Å²) < 4.78 is 1.11. The molecule has 0 bridgehead atoms. The van der Waals surface area contributed by atoms with Crippen molar-refractivity contribution in [3.63, 3.8) is 0 Å². The Labute approximate surface area is 134 Å². The predicted molar refractivity (Wildman–Crippen MR) is 93.1 cm³/mol. The third-order valence-corrected chi connectivity index (χ3v) is 5.03. The molecule has 22 heavy (non-hydrogen) atoms. The number of rotatable bonds is 6. The van der Waals surface area contributed by atoms with E-state index in [1.54, 1.807) is 11.3 Å². The first-order valence-electron chi connectivity index (χ1n) is 7.49. The molecule has 0 saturated carbocycles. The van der Waals surface area contributed by atoms with Crippen molar-refractivity contribution in [3.05, 3.63) is 77.8 Å². The summed E-state index contributed by atoms with van der Waals surface area (Å²) in [5.74, 6) is 0. The summed E-state index contributed by atoms with van der Waals surface area (Å²) in [6.45, 7) is 3.77. The summed E-state index contributed by atoms with van der Waals surface area (Å²) in [5, 5.41) is 12.2. The molecule has 2 aromatic carbocycles. The van der Waals surface area contributed by atoms with Gasteiger partial charge in [0.1, 0.15) is 10.6 Å². The lowest BCUT2D eigenvalue weighted by molar-refractivity contribution is 0.0689. The van der Waals surface area contributed by atoms with Crippen LogP contribution in [-0.4, -0.2) is 10.1 Å². The van der Waals surface area contributed by atoms with Crippen LogP contribution in [-0.2, 0) is 5.60 Å². The van der Waals surface area contributed by atoms with E-state index in [1.807, 2.05) is 60.7 Å². The van der Waals surface area contributed by atoms with Crippen molar-refractivity contribution in [3.8, 4) is 0 Å². The first kappa shape index (κ1) is 14.9. The molecule has 3 aromatic rings. The van der Waals surface area contributed by atoms with Crippen LogP contribution in [0.3, 0.4) is 0 Å². The molecule has 1 heterocycles. The van der Waals surface area contributed by atoms with Crippen LogP contribution in [0.1, 0.15) is 29.8 Å². The number of fused-ring (bicyclic) bond motifs is 1. The lowest BCUT2D eigenvalue weighted by atomic mass is 9.89. The van der Waals surface area contributed by atoms with E-state index < -0.39 is 5.60 Å². The zero-order valence-corrected chi connectivity index (χ0v) is 13.2. The van der Waals surface area contributed by atoms with E-state index in [2.05, 4.69) is 11.6 Å². The van der Waals surface area contributed by atoms with Crippen LogP contribution in [0.15, 0.2) is 67.3 Å². The molecule has 0 saturated heterocycles. The second-order valence-corrected chi connectivity index (χ2v) is 6.42. The summed E-state index contributed by atoms with van der Waals surface area (Å²) in [6.07, 6.45) is 4.30. The quantitative estimate of drug-likeness (QED) is 0.519. The van der Waals surface area contributed by atoms with Crippen molar-refractivity contribution in [2.75, 3.05) is 0 Å². The molecule has 3 rings (SSSR count). The Morgan fingerprint density at radius 3 is 2.55 bits per heavy atom. The van der Waals surface area contributed by atoms with Crippen LogP contribution in [0.25, 0.3) is 10.2 Å². The summed E-state index contributed by atoms with van der Waals surface area (Å²) in [6, 6.07) is 17.8. The Hall–Kier alpha value is -1.97. The second kappa shape index (κ2) is 6.42. The largest absolute Gasteiger partial charge is 0.378 e. The smallest absolute Gasteiger partial charge is 0.141 e. The molecule has 1 unspecified atom stereocenters. The molecule has 2 nitrogen and oxygen atoms in total. The molecule has 0 radical (unpaired) electrons. The topological polar surface area (TPSA) is 33.1 Å². The van der Waals surface area contributed by atoms with Crippen LogP contribution in [0.4, 0.5) is 0 Å². The van der Waals surface area contributed by atoms with Gasteiger partial charge in [0.05, 0.1) is 10.2 Å². The summed E-state index contributed by atoms with van der Waals surface area (Å²) in [7, 11) is 0. The highest BCUT2D eigenvalue weighted by atomic mass is 32.1. The molecule has 112 valence electrons. The number of thiazole rings is 1. The van der Waals surface area contributed by atoms with Crippen molar-refractivity contribution in [2.45, 2.75) is 24.9 Å². The molecular weight excluding hydrogens is 290 g/mol. The number of aromatic nitrogens is 1. The Kier molecular flexibility index (Phi) is 4.36. The van der Waals surface area contributed by atoms with Gasteiger partial charge < -0.3 is 5.11 Å². The first-order valence-corrected chi connectivity index (χ1v) is 8.30. The molecule has 0 fully saturated rings. The van der Waals surface area contributed by atoms with Crippen molar-refractivity contribution < 1.29 is 5.11 Å². The standard InChI is InChI=1S/C19H19NOS/c1-2-3-9-14-19(21,15-10-5-4-6-11-15)18-20-16-12-7-8-13-17(16)22-18/h2,4-8,10-13,21H,1,3,9,14H2. The maximum Gasteiger partial charge on any atom is 0.141 e. The Balaban J connectivity index is 2.05. The molecule has 1 aromatic heterocycles. The normalized spacial score (nSPS) is 13.9. The third kappa shape index (κ3) is 2.82. The lowest BCUT2D eigenvalue weighted by Gasteiger charge is -2.26. The van der Waals surface area contributed by atoms with Crippen molar-refractivity contribution in [2.24, 2.45) is 0 Å². The monoisotopic (exact) mass is 309 g/mol. The van der Waals surface area contributed by atoms with E-state index in [0.29, 0.717) is 6.42 Å². The Morgan fingerprint density at radius 1 is 1.09 bits per heavy atom. The van der Waals surface area contributed by atoms with E-state index in [-0.39, 0.29) is 0 Å². The molecule has 1 atom stereocenters. The number of hydrogen-bond donors (Lipinski definition) is 1. The van der Waals surface area contributed by atoms with Crippen LogP contribution in [0.5, 0.6) is 0 Å². The number of benzene rings is 2. The fourth-order valence-electron chi connectivity index (χ4n) is 2.64. The first-order chi connectivity index (χ1) is 10.7. The van der Waals surface area contributed by atoms with Crippen LogP contribution < -0.4 is 0 Å². The van der Waals surface area contributed by atoms with Gasteiger partial charge in [-0.25, -0.2) is 4.98 Å². The Bertz CT molecular complexity index is 732. The molecule has 0 amide bonds. The van der Waals surface area contributed by atoms with E-state index in [1.165, 1.54) is 0 Å². The van der Waals surface area contributed by atoms with Crippen molar-refractivity contribution in [1.29, 1.82) is 0 Å². The van der Waals surface area contributed by atoms with Gasteiger partial charge in [-0.15, -0.1) is 17.9 Å². The average Bonchev–Trinajstić information content (AvgIpc) is 3.00. The highest BCUT2D eigenvalue weighted by Crippen LogP contribution is 2.38. The van der Waals surface area contributed by atoms with Crippen molar-refractivity contribution in [1.82, 2.24) is 4.98 Å². The molecule has 0 aliphatic carbocycles. The van der Waals surface area contributed by atoms with Crippen LogP contribution in [0.2, 0.25) is 0 Å². The molecule has 3 heteroatoms. The fraction of sp³-hybridized carbons (Fsp3) is 0.211. The number of allylic oxidation sites excluding steroid dienone is 1. The molecular formula is C19H19NOS. The third-order valence-electron chi connectivity index (χ3n) is 3.85. The second-order valence-electron chi connectivity index (χ2n) is 5.39. The molecule has 1 N–H and O–H groups in total. The summed E-state index contributed by atoms with van der Waals surface area (Å²) in [5.41, 5.74) is 0.812. The zero-order chi connectivity index (χ0) is 15.4. The van der Waals surface area contributed by atoms with E-state index in [4.69, 9.17) is 0 Å². The SMILES string of the molecule is C=CCCCC(O)(c1ccccc1)c1nc2ccccc2s1. The molecule has 0 aliphatic rings. The van der Waals surface area contributed by atoms with Gasteiger partial charge in [-0.1, -0.05) is 48.5 Å². The summed E-state index contributed by atoms with van der Waals surface area (Å²) >= 11 is 1.57. The van der Waals surface area contributed by atoms with Gasteiger partial charge in [-0.3, -0.25) is 0 Å². The highest BCUT2D eigenvalue weighted by Gasteiger charge is 2.34. The van der Waals surface area contributed by atoms with E-state index in [9.17, 15) is 5.11 Å². The minimum absolute atomic E-state index is 0.642. The fourth-order valence-corrected chi connectivity index (χ4v) is 3.75. The minimum atomic E-state index is -1.03. The highest BCUT2D eigenvalue weighted by molar-refractivity contribution is 7.18. The number of hydrogen-bond acceptors (Lipinski definition) is 3. The Morgan fingerprint density at radius 2 is 1.82 bits per heavy atom. The maximum absolute atomic E-state index is 11.4. The van der Waals surface area contributed by atoms with Gasteiger partial charge in [-0.05, 0) is 37.0 Å². The molecule has 0 aliphatic heterocycles. The van der Waals surface area contributed by atoms with Crippen molar-refractivity contribution >= 4 is 21.6 Å². The van der Waals surface area contributed by atoms with Crippen LogP contribution >= 0.6 is 11.3 Å². The van der Waals surface area contributed by atoms with E-state index in [0.717, 1.165) is 33.6 Å². The van der Waals surface area contributed by atoms with E-state index >= 15 is 0 Å². The maximum atomic E-state index is 11.4. The number of unbranched alkanes of at least 4 members (excludes halogenated alkanes) is 1. The van der Waals surface area contributed by atoms with Gasteiger partial charge in [0, 0.05) is 0 Å². The van der Waals surface area contributed by atoms with Gasteiger partial charge in [0.15, 0.2) is 0 Å².